The van der Waals surface area contributed by atoms with Gasteiger partial charge in [-0.05, 0) is 31.2 Å². The summed E-state index contributed by atoms with van der Waals surface area (Å²) in [7, 11) is 0. The third-order valence-electron chi connectivity index (χ3n) is 3.15. The first-order valence-corrected chi connectivity index (χ1v) is 7.30. The Labute approximate surface area is 140 Å². The number of benzene rings is 1. The number of nitrogens with zero attached hydrogens (tertiary/aromatic N) is 2. The molecule has 0 fully saturated rings. The molecule has 3 nitrogen and oxygen atoms in total. The lowest BCUT2D eigenvalue weighted by molar-refractivity contribution is -0.137. The molecule has 0 spiro atoms. The number of halogens is 5. The van der Waals surface area contributed by atoms with Crippen LogP contribution in [-0.4, -0.2) is 11.2 Å². The van der Waals surface area contributed by atoms with Gasteiger partial charge in [0.05, 0.1) is 27.9 Å². The number of nitriles is 1. The molecule has 1 aromatic carbocycles. The van der Waals surface area contributed by atoms with Gasteiger partial charge in [0.1, 0.15) is 11.8 Å². The number of alkyl halides is 3. The van der Waals surface area contributed by atoms with Crippen molar-refractivity contribution in [2.75, 3.05) is 6.61 Å². The summed E-state index contributed by atoms with van der Waals surface area (Å²) in [4.78, 5) is 0. The van der Waals surface area contributed by atoms with E-state index in [0.29, 0.717) is 18.0 Å². The Hall–Kier alpha value is -1.68. The van der Waals surface area contributed by atoms with Gasteiger partial charge in [0.15, 0.2) is 0 Å². The molecule has 2 aromatic rings. The summed E-state index contributed by atoms with van der Waals surface area (Å²) >= 11 is 12.2. The normalized spacial score (nSPS) is 11.5. The van der Waals surface area contributed by atoms with Crippen molar-refractivity contribution in [2.45, 2.75) is 19.7 Å². The van der Waals surface area contributed by atoms with Crippen molar-refractivity contribution in [3.05, 3.63) is 51.3 Å². The summed E-state index contributed by atoms with van der Waals surface area (Å²) in [5.41, 5.74) is 0.0227. The standard InChI is InChI=1S/C15H11Cl2F3N2O/c1-2-23-8-12-14(17)13(16)11(7-21)22(12)10-5-3-9(4-6-10)15(18,19)20/h3-6H,2,8H2,1H3. The minimum atomic E-state index is -4.43. The highest BCUT2D eigenvalue weighted by molar-refractivity contribution is 6.43. The highest BCUT2D eigenvalue weighted by atomic mass is 35.5. The zero-order chi connectivity index (χ0) is 17.2. The van der Waals surface area contributed by atoms with Gasteiger partial charge >= 0.3 is 6.18 Å². The van der Waals surface area contributed by atoms with Crippen LogP contribution in [0.3, 0.4) is 0 Å². The Morgan fingerprint density at radius 2 is 1.78 bits per heavy atom. The molecule has 8 heteroatoms. The summed E-state index contributed by atoms with van der Waals surface area (Å²) in [6.07, 6.45) is -4.43. The first-order chi connectivity index (χ1) is 10.8. The zero-order valence-corrected chi connectivity index (χ0v) is 13.4. The van der Waals surface area contributed by atoms with Crippen LogP contribution in [-0.2, 0) is 17.5 Å². The molecular weight excluding hydrogens is 352 g/mol. The zero-order valence-electron chi connectivity index (χ0n) is 11.9. The molecule has 0 bridgehead atoms. The SMILES string of the molecule is CCOCc1c(Cl)c(Cl)c(C#N)n1-c1ccc(C(F)(F)F)cc1. The van der Waals surface area contributed by atoms with Crippen molar-refractivity contribution in [2.24, 2.45) is 0 Å². The fourth-order valence-corrected chi connectivity index (χ4v) is 2.54. The predicted octanol–water partition coefficient (Wildman–Crippen LogP) is 5.21. The summed E-state index contributed by atoms with van der Waals surface area (Å²) in [6, 6.07) is 6.29. The van der Waals surface area contributed by atoms with E-state index in [1.54, 1.807) is 6.92 Å². The fraction of sp³-hybridized carbons (Fsp3) is 0.267. The average Bonchev–Trinajstić information content (AvgIpc) is 2.76. The fourth-order valence-electron chi connectivity index (χ4n) is 2.07. The number of hydrogen-bond acceptors (Lipinski definition) is 2. The van der Waals surface area contributed by atoms with Crippen LogP contribution in [0.4, 0.5) is 13.2 Å². The second-order valence-corrected chi connectivity index (χ2v) is 5.31. The van der Waals surface area contributed by atoms with Crippen molar-refractivity contribution in [3.63, 3.8) is 0 Å². The molecule has 0 aliphatic heterocycles. The molecule has 0 saturated heterocycles. The van der Waals surface area contributed by atoms with Crippen LogP contribution < -0.4 is 0 Å². The largest absolute Gasteiger partial charge is 0.416 e. The van der Waals surface area contributed by atoms with Gasteiger partial charge in [0.25, 0.3) is 0 Å². The van der Waals surface area contributed by atoms with Gasteiger partial charge in [-0.1, -0.05) is 23.2 Å². The first-order valence-electron chi connectivity index (χ1n) is 6.55. The van der Waals surface area contributed by atoms with Crippen LogP contribution in [0.1, 0.15) is 23.9 Å². The molecule has 2 rings (SSSR count). The van der Waals surface area contributed by atoms with Gasteiger partial charge in [-0.15, -0.1) is 0 Å². The molecule has 1 heterocycles. The van der Waals surface area contributed by atoms with E-state index < -0.39 is 11.7 Å². The van der Waals surface area contributed by atoms with Crippen LogP contribution in [0.5, 0.6) is 0 Å². The van der Waals surface area contributed by atoms with Crippen LogP contribution >= 0.6 is 23.2 Å². The number of aromatic nitrogens is 1. The summed E-state index contributed by atoms with van der Waals surface area (Å²) in [6.45, 7) is 2.28. The van der Waals surface area contributed by atoms with E-state index in [9.17, 15) is 18.4 Å². The average molecular weight is 363 g/mol. The van der Waals surface area contributed by atoms with E-state index in [0.717, 1.165) is 12.1 Å². The third-order valence-corrected chi connectivity index (χ3v) is 4.02. The molecule has 0 saturated carbocycles. The van der Waals surface area contributed by atoms with Crippen LogP contribution in [0, 0.1) is 11.3 Å². The number of rotatable bonds is 4. The van der Waals surface area contributed by atoms with Crippen molar-refractivity contribution >= 4 is 23.2 Å². The Kier molecular flexibility index (Phi) is 5.25. The summed E-state index contributed by atoms with van der Waals surface area (Å²) < 4.78 is 44.7. The smallest absolute Gasteiger partial charge is 0.375 e. The quantitative estimate of drug-likeness (QED) is 0.748. The molecular formula is C15H11Cl2F3N2O. The molecule has 0 aliphatic carbocycles. The highest BCUT2D eigenvalue weighted by Crippen LogP contribution is 2.36. The minimum absolute atomic E-state index is 0.0452. The topological polar surface area (TPSA) is 37.9 Å². The Morgan fingerprint density at radius 3 is 2.26 bits per heavy atom. The van der Waals surface area contributed by atoms with E-state index in [2.05, 4.69) is 0 Å². The van der Waals surface area contributed by atoms with E-state index in [1.807, 2.05) is 6.07 Å². The van der Waals surface area contributed by atoms with E-state index in [4.69, 9.17) is 27.9 Å². The van der Waals surface area contributed by atoms with Crippen LogP contribution in [0.15, 0.2) is 24.3 Å². The monoisotopic (exact) mass is 362 g/mol. The highest BCUT2D eigenvalue weighted by Gasteiger charge is 2.30. The molecule has 23 heavy (non-hydrogen) atoms. The molecule has 0 amide bonds. The second kappa shape index (κ2) is 6.83. The van der Waals surface area contributed by atoms with Crippen molar-refractivity contribution in [1.82, 2.24) is 4.57 Å². The van der Waals surface area contributed by atoms with Gasteiger partial charge in [-0.2, -0.15) is 18.4 Å². The van der Waals surface area contributed by atoms with Gasteiger partial charge < -0.3 is 9.30 Å². The van der Waals surface area contributed by atoms with Crippen molar-refractivity contribution in [1.29, 1.82) is 5.26 Å². The predicted molar refractivity (Wildman–Crippen MR) is 80.8 cm³/mol. The maximum Gasteiger partial charge on any atom is 0.416 e. The molecule has 0 aliphatic rings. The number of hydrogen-bond donors (Lipinski definition) is 0. The lowest BCUT2D eigenvalue weighted by Gasteiger charge is -2.12. The van der Waals surface area contributed by atoms with Crippen LogP contribution in [0.25, 0.3) is 5.69 Å². The van der Waals surface area contributed by atoms with Crippen LogP contribution in [0.2, 0.25) is 10.0 Å². The molecule has 0 atom stereocenters. The third kappa shape index (κ3) is 3.47. The molecule has 0 radical (unpaired) electrons. The van der Waals surface area contributed by atoms with E-state index in [1.165, 1.54) is 16.7 Å². The van der Waals surface area contributed by atoms with Gasteiger partial charge in [-0.3, -0.25) is 0 Å². The Bertz CT molecular complexity index is 746. The molecule has 0 N–H and O–H groups in total. The van der Waals surface area contributed by atoms with E-state index in [-0.39, 0.29) is 22.3 Å². The summed E-state index contributed by atoms with van der Waals surface area (Å²) in [5.74, 6) is 0. The molecule has 0 unspecified atom stereocenters. The lowest BCUT2D eigenvalue weighted by Crippen LogP contribution is -2.07. The van der Waals surface area contributed by atoms with Gasteiger partial charge in [0.2, 0.25) is 0 Å². The van der Waals surface area contributed by atoms with Gasteiger partial charge in [0, 0.05) is 12.3 Å². The molecule has 1 aromatic heterocycles. The van der Waals surface area contributed by atoms with Crippen molar-refractivity contribution < 1.29 is 17.9 Å². The Morgan fingerprint density at radius 1 is 1.17 bits per heavy atom. The Balaban J connectivity index is 2.58. The van der Waals surface area contributed by atoms with Crippen molar-refractivity contribution in [3.8, 4) is 11.8 Å². The van der Waals surface area contributed by atoms with Gasteiger partial charge in [-0.25, -0.2) is 0 Å². The second-order valence-electron chi connectivity index (χ2n) is 4.55. The minimum Gasteiger partial charge on any atom is -0.375 e. The lowest BCUT2D eigenvalue weighted by atomic mass is 10.2. The first kappa shape index (κ1) is 17.7. The maximum absolute atomic E-state index is 12.7. The number of ether oxygens (including phenoxy) is 1. The maximum atomic E-state index is 12.7. The summed E-state index contributed by atoms with van der Waals surface area (Å²) in [5, 5.41) is 9.47. The van der Waals surface area contributed by atoms with E-state index >= 15 is 0 Å². The molecule has 122 valence electrons.